The van der Waals surface area contributed by atoms with Crippen molar-refractivity contribution in [2.24, 2.45) is 5.73 Å². The number of carbonyl (C=O) groups excluding carboxylic acids is 2. The lowest BCUT2D eigenvalue weighted by Crippen LogP contribution is -2.18. The van der Waals surface area contributed by atoms with Gasteiger partial charge in [0, 0.05) is 10.2 Å². The first kappa shape index (κ1) is 15.3. The van der Waals surface area contributed by atoms with Crippen LogP contribution in [0.4, 0.5) is 5.69 Å². The van der Waals surface area contributed by atoms with Crippen molar-refractivity contribution >= 4 is 33.4 Å². The summed E-state index contributed by atoms with van der Waals surface area (Å²) in [4.78, 5) is 23.1. The number of halogens is 1. The topological polar surface area (TPSA) is 72.2 Å². The zero-order valence-electron chi connectivity index (χ0n) is 11.3. The number of para-hydroxylation sites is 1. The van der Waals surface area contributed by atoms with E-state index in [0.717, 1.165) is 10.0 Å². The third kappa shape index (κ3) is 4.72. The molecular weight excluding hydrogens is 332 g/mol. The summed E-state index contributed by atoms with van der Waals surface area (Å²) in [5.74, 6) is -0.561. The molecule has 2 amide bonds. The molecule has 0 fully saturated rings. The van der Waals surface area contributed by atoms with Gasteiger partial charge in [-0.05, 0) is 29.3 Å². The van der Waals surface area contributed by atoms with Gasteiger partial charge in [-0.1, -0.05) is 46.3 Å². The standard InChI is InChI=1S/C16H15BrN2O2/c17-13-6-3-4-11(8-13)9-16(21)19-14-7-2-1-5-12(14)10-15(18)20/h1-8H,9-10H2,(H2,18,20)(H,19,21). The highest BCUT2D eigenvalue weighted by atomic mass is 79.9. The number of rotatable bonds is 5. The number of hydrogen-bond donors (Lipinski definition) is 2. The fourth-order valence-corrected chi connectivity index (χ4v) is 2.46. The molecule has 21 heavy (non-hydrogen) atoms. The van der Waals surface area contributed by atoms with Crippen molar-refractivity contribution < 1.29 is 9.59 Å². The first-order chi connectivity index (χ1) is 10.0. The number of amides is 2. The maximum absolute atomic E-state index is 12.1. The molecule has 4 nitrogen and oxygen atoms in total. The SMILES string of the molecule is NC(=O)Cc1ccccc1NC(=O)Cc1cccc(Br)c1. The normalized spacial score (nSPS) is 10.1. The van der Waals surface area contributed by atoms with Crippen LogP contribution in [-0.4, -0.2) is 11.8 Å². The highest BCUT2D eigenvalue weighted by molar-refractivity contribution is 9.10. The second kappa shape index (κ2) is 7.04. The number of anilines is 1. The fraction of sp³-hybridized carbons (Fsp3) is 0.125. The monoisotopic (exact) mass is 346 g/mol. The molecular formula is C16H15BrN2O2. The molecule has 2 aromatic rings. The Balaban J connectivity index is 2.07. The van der Waals surface area contributed by atoms with Gasteiger partial charge < -0.3 is 11.1 Å². The van der Waals surface area contributed by atoms with E-state index in [1.165, 1.54) is 0 Å². The molecule has 0 heterocycles. The van der Waals surface area contributed by atoms with Crippen molar-refractivity contribution in [3.8, 4) is 0 Å². The van der Waals surface area contributed by atoms with Gasteiger partial charge in [0.15, 0.2) is 0 Å². The lowest BCUT2D eigenvalue weighted by atomic mass is 10.1. The highest BCUT2D eigenvalue weighted by Crippen LogP contribution is 2.17. The molecule has 108 valence electrons. The Morgan fingerprint density at radius 1 is 1.05 bits per heavy atom. The van der Waals surface area contributed by atoms with Crippen LogP contribution in [0.15, 0.2) is 53.0 Å². The summed E-state index contributed by atoms with van der Waals surface area (Å²) in [6.07, 6.45) is 0.373. The summed E-state index contributed by atoms with van der Waals surface area (Å²) in [5, 5.41) is 2.82. The third-order valence-corrected chi connectivity index (χ3v) is 3.40. The van der Waals surface area contributed by atoms with Crippen LogP contribution in [0.25, 0.3) is 0 Å². The molecule has 0 aliphatic carbocycles. The van der Waals surface area contributed by atoms with Gasteiger partial charge in [-0.25, -0.2) is 0 Å². The second-order valence-electron chi connectivity index (χ2n) is 4.66. The quantitative estimate of drug-likeness (QED) is 0.873. The minimum Gasteiger partial charge on any atom is -0.369 e. The van der Waals surface area contributed by atoms with E-state index in [0.29, 0.717) is 11.3 Å². The van der Waals surface area contributed by atoms with E-state index in [4.69, 9.17) is 5.73 Å². The number of hydrogen-bond acceptors (Lipinski definition) is 2. The van der Waals surface area contributed by atoms with Crippen LogP contribution in [0.1, 0.15) is 11.1 Å². The van der Waals surface area contributed by atoms with Crippen LogP contribution in [0.5, 0.6) is 0 Å². The maximum atomic E-state index is 12.1. The number of benzene rings is 2. The van der Waals surface area contributed by atoms with Gasteiger partial charge in [0.05, 0.1) is 12.8 Å². The zero-order chi connectivity index (χ0) is 15.2. The Hall–Kier alpha value is -2.14. The summed E-state index contributed by atoms with van der Waals surface area (Å²) in [7, 11) is 0. The minimum atomic E-state index is -0.427. The summed E-state index contributed by atoms with van der Waals surface area (Å²) < 4.78 is 0.932. The summed E-state index contributed by atoms with van der Waals surface area (Å²) in [6, 6.07) is 14.7. The predicted molar refractivity (Wildman–Crippen MR) is 85.8 cm³/mol. The third-order valence-electron chi connectivity index (χ3n) is 2.91. The predicted octanol–water partition coefficient (Wildman–Crippen LogP) is 2.66. The minimum absolute atomic E-state index is 0.105. The van der Waals surface area contributed by atoms with E-state index in [-0.39, 0.29) is 18.7 Å². The van der Waals surface area contributed by atoms with Crippen LogP contribution < -0.4 is 11.1 Å². The van der Waals surface area contributed by atoms with E-state index < -0.39 is 5.91 Å². The largest absolute Gasteiger partial charge is 0.369 e. The first-order valence-corrected chi connectivity index (χ1v) is 7.24. The Labute approximate surface area is 131 Å². The van der Waals surface area contributed by atoms with Gasteiger partial charge in [0.25, 0.3) is 0 Å². The summed E-state index contributed by atoms with van der Waals surface area (Å²) >= 11 is 3.37. The van der Waals surface area contributed by atoms with Crippen LogP contribution >= 0.6 is 15.9 Å². The number of carbonyl (C=O) groups is 2. The van der Waals surface area contributed by atoms with Crippen LogP contribution in [-0.2, 0) is 22.4 Å². The van der Waals surface area contributed by atoms with Gasteiger partial charge in [-0.2, -0.15) is 0 Å². The van der Waals surface area contributed by atoms with Gasteiger partial charge in [0.2, 0.25) is 11.8 Å². The molecule has 0 aliphatic heterocycles. The van der Waals surface area contributed by atoms with Crippen molar-refractivity contribution in [2.45, 2.75) is 12.8 Å². The average Bonchev–Trinajstić information content (AvgIpc) is 2.40. The van der Waals surface area contributed by atoms with Gasteiger partial charge >= 0.3 is 0 Å². The molecule has 2 aromatic carbocycles. The number of nitrogens with two attached hydrogens (primary N) is 1. The van der Waals surface area contributed by atoms with E-state index in [9.17, 15) is 9.59 Å². The molecule has 0 saturated heterocycles. The average molecular weight is 347 g/mol. The van der Waals surface area contributed by atoms with Crippen molar-refractivity contribution in [3.63, 3.8) is 0 Å². The summed E-state index contributed by atoms with van der Waals surface area (Å²) in [5.41, 5.74) is 7.46. The zero-order valence-corrected chi connectivity index (χ0v) is 12.9. The van der Waals surface area contributed by atoms with Gasteiger partial charge in [-0.3, -0.25) is 9.59 Å². The van der Waals surface area contributed by atoms with E-state index in [1.807, 2.05) is 30.3 Å². The lowest BCUT2D eigenvalue weighted by molar-refractivity contribution is -0.117. The van der Waals surface area contributed by atoms with Crippen molar-refractivity contribution in [3.05, 3.63) is 64.1 Å². The molecule has 0 unspecified atom stereocenters. The molecule has 0 atom stereocenters. The molecule has 0 spiro atoms. The molecule has 0 saturated carbocycles. The Morgan fingerprint density at radius 3 is 2.52 bits per heavy atom. The van der Waals surface area contributed by atoms with E-state index in [1.54, 1.807) is 18.2 Å². The Bertz CT molecular complexity index is 671. The fourth-order valence-electron chi connectivity index (χ4n) is 2.01. The Kier molecular flexibility index (Phi) is 5.11. The number of nitrogens with one attached hydrogen (secondary N) is 1. The molecule has 5 heteroatoms. The second-order valence-corrected chi connectivity index (χ2v) is 5.57. The van der Waals surface area contributed by atoms with Crippen LogP contribution in [0, 0.1) is 0 Å². The number of primary amides is 1. The van der Waals surface area contributed by atoms with Crippen molar-refractivity contribution in [1.82, 2.24) is 0 Å². The van der Waals surface area contributed by atoms with Crippen molar-refractivity contribution in [1.29, 1.82) is 0 Å². The van der Waals surface area contributed by atoms with E-state index in [2.05, 4.69) is 21.2 Å². The van der Waals surface area contributed by atoms with Crippen molar-refractivity contribution in [2.75, 3.05) is 5.32 Å². The summed E-state index contributed by atoms with van der Waals surface area (Å²) in [6.45, 7) is 0. The Morgan fingerprint density at radius 2 is 1.81 bits per heavy atom. The molecule has 0 aromatic heterocycles. The molecule has 0 bridgehead atoms. The molecule has 0 aliphatic rings. The van der Waals surface area contributed by atoms with Crippen LogP contribution in [0.2, 0.25) is 0 Å². The molecule has 2 rings (SSSR count). The molecule has 0 radical (unpaired) electrons. The van der Waals surface area contributed by atoms with Gasteiger partial charge in [-0.15, -0.1) is 0 Å². The van der Waals surface area contributed by atoms with Crippen LogP contribution in [0.3, 0.4) is 0 Å². The highest BCUT2D eigenvalue weighted by Gasteiger charge is 2.09. The smallest absolute Gasteiger partial charge is 0.228 e. The lowest BCUT2D eigenvalue weighted by Gasteiger charge is -2.10. The first-order valence-electron chi connectivity index (χ1n) is 6.45. The maximum Gasteiger partial charge on any atom is 0.228 e. The van der Waals surface area contributed by atoms with E-state index >= 15 is 0 Å². The molecule has 3 N–H and O–H groups in total. The van der Waals surface area contributed by atoms with Gasteiger partial charge in [0.1, 0.15) is 0 Å².